The Hall–Kier alpha value is -1.04. The third-order valence-electron chi connectivity index (χ3n) is 3.21. The van der Waals surface area contributed by atoms with Crippen LogP contribution >= 0.6 is 0 Å². The first-order chi connectivity index (χ1) is 6.45. The van der Waals surface area contributed by atoms with Gasteiger partial charge in [-0.05, 0) is 42.4 Å². The van der Waals surface area contributed by atoms with Gasteiger partial charge in [-0.2, -0.15) is 0 Å². The first-order valence-electron chi connectivity index (χ1n) is 5.06. The van der Waals surface area contributed by atoms with E-state index in [4.69, 9.17) is 0 Å². The molecule has 0 heteroatoms. The van der Waals surface area contributed by atoms with E-state index in [0.29, 0.717) is 0 Å². The molecular formula is C13H13. The number of allylic oxidation sites excluding steroid dienone is 8. The second-order valence-electron chi connectivity index (χ2n) is 3.93. The van der Waals surface area contributed by atoms with Gasteiger partial charge in [-0.25, -0.2) is 0 Å². The number of hydrogen-bond donors (Lipinski definition) is 0. The fourth-order valence-electron chi connectivity index (χ4n) is 2.50. The summed E-state index contributed by atoms with van der Waals surface area (Å²) in [5, 5.41) is 0. The van der Waals surface area contributed by atoms with Gasteiger partial charge in [0.1, 0.15) is 0 Å². The summed E-state index contributed by atoms with van der Waals surface area (Å²) < 4.78 is 0. The second-order valence-corrected chi connectivity index (χ2v) is 3.93. The highest BCUT2D eigenvalue weighted by molar-refractivity contribution is 5.58. The first-order valence-corrected chi connectivity index (χ1v) is 5.06. The van der Waals surface area contributed by atoms with Crippen molar-refractivity contribution in [3.63, 3.8) is 0 Å². The molecule has 0 heterocycles. The van der Waals surface area contributed by atoms with Crippen molar-refractivity contribution in [1.29, 1.82) is 0 Å². The minimum atomic E-state index is 1.16. The predicted octanol–water partition coefficient (Wildman–Crippen LogP) is 3.50. The number of rotatable bonds is 0. The summed E-state index contributed by atoms with van der Waals surface area (Å²) in [7, 11) is 0. The average molecular weight is 169 g/mol. The van der Waals surface area contributed by atoms with Crippen molar-refractivity contribution in [3.8, 4) is 0 Å². The topological polar surface area (TPSA) is 0 Å². The molecule has 0 amide bonds. The van der Waals surface area contributed by atoms with Gasteiger partial charge >= 0.3 is 0 Å². The molecule has 3 aliphatic rings. The molecule has 0 aromatic rings. The molecule has 0 spiro atoms. The van der Waals surface area contributed by atoms with E-state index in [0.717, 1.165) is 6.42 Å². The van der Waals surface area contributed by atoms with Crippen LogP contribution in [0.1, 0.15) is 25.7 Å². The monoisotopic (exact) mass is 169 g/mol. The zero-order valence-corrected chi connectivity index (χ0v) is 7.72. The molecule has 0 N–H and O–H groups in total. The third-order valence-corrected chi connectivity index (χ3v) is 3.21. The van der Waals surface area contributed by atoms with Gasteiger partial charge in [0.2, 0.25) is 0 Å². The normalized spacial score (nSPS) is 25.2. The van der Waals surface area contributed by atoms with Crippen LogP contribution in [0.15, 0.2) is 46.6 Å². The van der Waals surface area contributed by atoms with Crippen LogP contribution in [0, 0.1) is 6.42 Å². The van der Waals surface area contributed by atoms with Crippen molar-refractivity contribution in [2.75, 3.05) is 0 Å². The Labute approximate surface area is 79.3 Å². The van der Waals surface area contributed by atoms with Crippen molar-refractivity contribution >= 4 is 0 Å². The van der Waals surface area contributed by atoms with Crippen LogP contribution in [-0.4, -0.2) is 0 Å². The van der Waals surface area contributed by atoms with Crippen molar-refractivity contribution in [2.45, 2.75) is 25.7 Å². The maximum absolute atomic E-state index is 2.31. The molecule has 0 aromatic heterocycles. The summed E-state index contributed by atoms with van der Waals surface area (Å²) in [5.74, 6) is 0. The van der Waals surface area contributed by atoms with Crippen LogP contribution in [0.3, 0.4) is 0 Å². The molecule has 0 nitrogen and oxygen atoms in total. The Morgan fingerprint density at radius 2 is 1.92 bits per heavy atom. The van der Waals surface area contributed by atoms with Crippen molar-refractivity contribution in [2.24, 2.45) is 0 Å². The highest BCUT2D eigenvalue weighted by atomic mass is 14.3. The molecule has 13 heavy (non-hydrogen) atoms. The Morgan fingerprint density at radius 3 is 2.92 bits per heavy atom. The minimum absolute atomic E-state index is 1.16. The van der Waals surface area contributed by atoms with Gasteiger partial charge in [-0.15, -0.1) is 0 Å². The Balaban J connectivity index is 2.04. The van der Waals surface area contributed by atoms with Crippen molar-refractivity contribution < 1.29 is 0 Å². The van der Waals surface area contributed by atoms with Crippen LogP contribution in [0.4, 0.5) is 0 Å². The Kier molecular flexibility index (Phi) is 1.55. The van der Waals surface area contributed by atoms with Gasteiger partial charge in [-0.1, -0.05) is 29.9 Å². The quantitative estimate of drug-likeness (QED) is 0.487. The summed E-state index contributed by atoms with van der Waals surface area (Å²) in [6, 6.07) is 0. The van der Waals surface area contributed by atoms with E-state index >= 15 is 0 Å². The van der Waals surface area contributed by atoms with Gasteiger partial charge in [-0.3, -0.25) is 0 Å². The minimum Gasteiger partial charge on any atom is -0.0841 e. The molecule has 0 bridgehead atoms. The summed E-state index contributed by atoms with van der Waals surface area (Å²) in [4.78, 5) is 0. The SMILES string of the molecule is [CH]1C=CC2=C1C1=C(CC=CC1)CC2. The lowest BCUT2D eigenvalue weighted by Crippen LogP contribution is -2.05. The molecule has 0 atom stereocenters. The molecule has 65 valence electrons. The average Bonchev–Trinajstić information content (AvgIpc) is 2.65. The first kappa shape index (κ1) is 7.37. The standard InChI is InChI=1S/C13H13/c1-2-6-12-10(4-1)8-9-11-5-3-7-13(11)12/h1-3,5,7H,4,6,8-9H2. The van der Waals surface area contributed by atoms with E-state index in [9.17, 15) is 0 Å². The number of fused-ring (bicyclic) bond motifs is 1. The highest BCUT2D eigenvalue weighted by Gasteiger charge is 2.22. The molecule has 0 unspecified atom stereocenters. The largest absolute Gasteiger partial charge is 0.0841 e. The zero-order valence-electron chi connectivity index (χ0n) is 7.72. The molecule has 3 rings (SSSR count). The van der Waals surface area contributed by atoms with E-state index < -0.39 is 0 Å². The van der Waals surface area contributed by atoms with Crippen LogP contribution in [0.25, 0.3) is 0 Å². The lowest BCUT2D eigenvalue weighted by molar-refractivity contribution is 0.842. The summed E-state index contributed by atoms with van der Waals surface area (Å²) in [6.45, 7) is 0. The summed E-state index contributed by atoms with van der Waals surface area (Å²) in [6.07, 6.45) is 16.3. The maximum atomic E-state index is 2.31. The molecule has 0 fully saturated rings. The molecule has 1 radical (unpaired) electrons. The van der Waals surface area contributed by atoms with Crippen molar-refractivity contribution in [1.82, 2.24) is 0 Å². The molecule has 0 aliphatic heterocycles. The predicted molar refractivity (Wildman–Crippen MR) is 55.1 cm³/mol. The molecule has 0 aromatic carbocycles. The van der Waals surface area contributed by atoms with Gasteiger partial charge in [0.05, 0.1) is 0 Å². The molecule has 0 saturated heterocycles. The van der Waals surface area contributed by atoms with Crippen LogP contribution in [0.5, 0.6) is 0 Å². The summed E-state index contributed by atoms with van der Waals surface area (Å²) >= 11 is 0. The van der Waals surface area contributed by atoms with Crippen LogP contribution < -0.4 is 0 Å². The molecule has 0 saturated carbocycles. The Bertz CT molecular complexity index is 361. The molecule has 3 aliphatic carbocycles. The van der Waals surface area contributed by atoms with Gasteiger partial charge in [0.25, 0.3) is 0 Å². The van der Waals surface area contributed by atoms with Crippen LogP contribution in [-0.2, 0) is 0 Å². The number of hydrogen-bond acceptors (Lipinski definition) is 0. The smallest absolute Gasteiger partial charge is 0.0131 e. The van der Waals surface area contributed by atoms with Gasteiger partial charge < -0.3 is 0 Å². The molecular weight excluding hydrogens is 156 g/mol. The van der Waals surface area contributed by atoms with E-state index in [-0.39, 0.29) is 0 Å². The zero-order chi connectivity index (χ0) is 8.67. The van der Waals surface area contributed by atoms with E-state index in [1.54, 1.807) is 16.7 Å². The lowest BCUT2D eigenvalue weighted by Gasteiger charge is -2.23. The lowest BCUT2D eigenvalue weighted by atomic mass is 9.81. The third kappa shape index (κ3) is 1.05. The summed E-state index contributed by atoms with van der Waals surface area (Å²) in [5.41, 5.74) is 6.40. The Morgan fingerprint density at radius 1 is 1.00 bits per heavy atom. The highest BCUT2D eigenvalue weighted by Crippen LogP contribution is 2.40. The van der Waals surface area contributed by atoms with E-state index in [1.807, 2.05) is 0 Å². The van der Waals surface area contributed by atoms with E-state index in [2.05, 4.69) is 30.7 Å². The fourth-order valence-corrected chi connectivity index (χ4v) is 2.50. The second kappa shape index (κ2) is 2.73. The van der Waals surface area contributed by atoms with Gasteiger partial charge in [0, 0.05) is 6.42 Å². The fraction of sp³-hybridized carbons (Fsp3) is 0.308. The van der Waals surface area contributed by atoms with Gasteiger partial charge in [0.15, 0.2) is 0 Å². The maximum Gasteiger partial charge on any atom is 0.0131 e. The van der Waals surface area contributed by atoms with E-state index in [1.165, 1.54) is 24.8 Å². The van der Waals surface area contributed by atoms with Crippen molar-refractivity contribution in [3.05, 3.63) is 53.0 Å². The van der Waals surface area contributed by atoms with Crippen LogP contribution in [0.2, 0.25) is 0 Å².